The zero-order chi connectivity index (χ0) is 24.8. The molecule has 0 rings (SSSR count). The second kappa shape index (κ2) is 20.8. The van der Waals surface area contributed by atoms with E-state index in [9.17, 15) is 20.1 Å². The second-order valence-corrected chi connectivity index (χ2v) is 8.75. The molecule has 4 nitrogen and oxygen atoms in total. The van der Waals surface area contributed by atoms with E-state index in [4.69, 9.17) is 0 Å². The van der Waals surface area contributed by atoms with Crippen LogP contribution in [0.1, 0.15) is 97.8 Å². The van der Waals surface area contributed by atoms with Crippen LogP contribution in [0.25, 0.3) is 0 Å². The molecule has 4 heteroatoms. The molecule has 0 aromatic heterocycles. The zero-order valence-corrected chi connectivity index (χ0v) is 21.2. The monoisotopic (exact) mass is 460 g/mol. The van der Waals surface area contributed by atoms with Crippen molar-refractivity contribution in [2.75, 3.05) is 0 Å². The number of carbonyl (C=O) groups excluding carboxylic acids is 1. The van der Waals surface area contributed by atoms with Crippen molar-refractivity contribution in [2.24, 2.45) is 0 Å². The van der Waals surface area contributed by atoms with Crippen molar-refractivity contribution in [1.29, 1.82) is 0 Å². The van der Waals surface area contributed by atoms with Crippen LogP contribution in [0.2, 0.25) is 0 Å². The fraction of sp³-hybridized carbons (Fsp3) is 0.621. The molecule has 0 aromatic carbocycles. The topological polar surface area (TPSA) is 77.8 Å². The second-order valence-electron chi connectivity index (χ2n) is 8.75. The minimum atomic E-state index is -1.64. The van der Waals surface area contributed by atoms with Crippen LogP contribution in [0.4, 0.5) is 0 Å². The Morgan fingerprint density at radius 2 is 1.18 bits per heavy atom. The largest absolute Gasteiger partial charge is 0.387 e. The summed E-state index contributed by atoms with van der Waals surface area (Å²) in [5.74, 6) is -0.618. The molecular weight excluding hydrogens is 412 g/mol. The van der Waals surface area contributed by atoms with Crippen LogP contribution in [-0.2, 0) is 4.79 Å². The van der Waals surface area contributed by atoms with Gasteiger partial charge in [0.05, 0.1) is 5.60 Å². The van der Waals surface area contributed by atoms with E-state index < -0.39 is 23.6 Å². The van der Waals surface area contributed by atoms with E-state index in [1.165, 1.54) is 57.1 Å². The number of ketones is 1. The molecule has 2 unspecified atom stereocenters. The summed E-state index contributed by atoms with van der Waals surface area (Å²) in [6, 6.07) is 0. The van der Waals surface area contributed by atoms with E-state index in [0.717, 1.165) is 6.42 Å². The predicted octanol–water partition coefficient (Wildman–Crippen LogP) is 6.53. The number of aliphatic hydroxyl groups is 3. The molecule has 0 heterocycles. The minimum Gasteiger partial charge on any atom is -0.387 e. The molecule has 0 fully saturated rings. The van der Waals surface area contributed by atoms with Crippen molar-refractivity contribution >= 4 is 5.78 Å². The average Bonchev–Trinajstić information content (AvgIpc) is 2.80. The van der Waals surface area contributed by atoms with Gasteiger partial charge in [0.1, 0.15) is 12.2 Å². The normalized spacial score (nSPS) is 15.1. The Labute approximate surface area is 202 Å². The van der Waals surface area contributed by atoms with Gasteiger partial charge in [-0.25, -0.2) is 0 Å². The van der Waals surface area contributed by atoms with Gasteiger partial charge in [-0.15, -0.1) is 0 Å². The summed E-state index contributed by atoms with van der Waals surface area (Å²) >= 11 is 0. The van der Waals surface area contributed by atoms with Crippen LogP contribution in [0.15, 0.2) is 60.8 Å². The summed E-state index contributed by atoms with van der Waals surface area (Å²) in [6.45, 7) is 6.03. The highest BCUT2D eigenvalue weighted by Gasteiger charge is 2.40. The van der Waals surface area contributed by atoms with E-state index in [2.05, 4.69) is 19.1 Å². The quantitative estimate of drug-likeness (QED) is 0.110. The number of unbranched alkanes of at least 4 members (excludes halogenated alkanes) is 7. The standard InChI is InChI=1S/C29H48O4/c1-4-7-8-9-10-11-12-13-14-15-16-17-18-19-20-21-22-23-26(30)27(31)28(32)29(33,24-5-2)25-6-3/h14-23,27-28,31-33H,4-13,24-25H2,1-3H3/b15-14+,17-16+,19-18+,21-20+,23-22+. The smallest absolute Gasteiger partial charge is 0.186 e. The Morgan fingerprint density at radius 3 is 1.73 bits per heavy atom. The molecule has 0 bridgehead atoms. The highest BCUT2D eigenvalue weighted by molar-refractivity contribution is 5.94. The van der Waals surface area contributed by atoms with Crippen LogP contribution in [-0.4, -0.2) is 38.9 Å². The molecule has 0 aliphatic rings. The molecule has 3 N–H and O–H groups in total. The lowest BCUT2D eigenvalue weighted by atomic mass is 9.83. The third-order valence-electron chi connectivity index (χ3n) is 5.66. The third-order valence-corrected chi connectivity index (χ3v) is 5.66. The summed E-state index contributed by atoms with van der Waals surface area (Å²) in [6.07, 6.45) is 27.4. The Hall–Kier alpha value is -1.75. The van der Waals surface area contributed by atoms with Crippen molar-refractivity contribution < 1.29 is 20.1 Å². The lowest BCUT2D eigenvalue weighted by Crippen LogP contribution is -2.51. The van der Waals surface area contributed by atoms with Gasteiger partial charge in [0.2, 0.25) is 0 Å². The van der Waals surface area contributed by atoms with Crippen molar-refractivity contribution in [3.8, 4) is 0 Å². The highest BCUT2D eigenvalue weighted by Crippen LogP contribution is 2.26. The van der Waals surface area contributed by atoms with E-state index in [-0.39, 0.29) is 0 Å². The van der Waals surface area contributed by atoms with Crippen LogP contribution < -0.4 is 0 Å². The van der Waals surface area contributed by atoms with Gasteiger partial charge in [-0.05, 0) is 31.8 Å². The first-order chi connectivity index (χ1) is 15.9. The number of rotatable bonds is 20. The van der Waals surface area contributed by atoms with Gasteiger partial charge in [-0.2, -0.15) is 0 Å². The highest BCUT2D eigenvalue weighted by atomic mass is 16.4. The fourth-order valence-corrected chi connectivity index (χ4v) is 3.76. The first-order valence-electron chi connectivity index (χ1n) is 12.9. The molecule has 0 radical (unpaired) electrons. The number of allylic oxidation sites excluding steroid dienone is 9. The van der Waals surface area contributed by atoms with Gasteiger partial charge in [-0.1, -0.05) is 127 Å². The molecule has 0 spiro atoms. The maximum Gasteiger partial charge on any atom is 0.186 e. The van der Waals surface area contributed by atoms with Gasteiger partial charge in [0.15, 0.2) is 5.78 Å². The first-order valence-corrected chi connectivity index (χ1v) is 12.9. The van der Waals surface area contributed by atoms with Crippen LogP contribution in [0.3, 0.4) is 0 Å². The first kappa shape index (κ1) is 31.2. The Kier molecular flexibility index (Phi) is 19.7. The SMILES string of the molecule is CCCCCCCCC/C=C/C=C/C=C/C=C/C=C/C(=O)C(O)C(O)C(O)(CCC)CCC. The van der Waals surface area contributed by atoms with Gasteiger partial charge in [-0.3, -0.25) is 4.79 Å². The van der Waals surface area contributed by atoms with Crippen molar-refractivity contribution in [1.82, 2.24) is 0 Å². The van der Waals surface area contributed by atoms with Gasteiger partial charge >= 0.3 is 0 Å². The molecule has 0 saturated carbocycles. The maximum atomic E-state index is 12.1. The van der Waals surface area contributed by atoms with Crippen molar-refractivity contribution in [3.05, 3.63) is 60.8 Å². The van der Waals surface area contributed by atoms with E-state index in [0.29, 0.717) is 25.7 Å². The van der Waals surface area contributed by atoms with Crippen molar-refractivity contribution in [3.63, 3.8) is 0 Å². The molecule has 0 aromatic rings. The molecular formula is C29H48O4. The van der Waals surface area contributed by atoms with E-state index >= 15 is 0 Å². The van der Waals surface area contributed by atoms with Crippen molar-refractivity contribution in [2.45, 2.75) is 116 Å². The fourth-order valence-electron chi connectivity index (χ4n) is 3.76. The summed E-state index contributed by atoms with van der Waals surface area (Å²) in [5.41, 5.74) is -1.44. The van der Waals surface area contributed by atoms with E-state index in [1.54, 1.807) is 12.2 Å². The molecule has 0 amide bonds. The lowest BCUT2D eigenvalue weighted by molar-refractivity contribution is -0.152. The molecule has 0 saturated heterocycles. The predicted molar refractivity (Wildman–Crippen MR) is 140 cm³/mol. The molecule has 33 heavy (non-hydrogen) atoms. The minimum absolute atomic E-state index is 0.336. The van der Waals surface area contributed by atoms with Crippen LogP contribution >= 0.6 is 0 Å². The average molecular weight is 461 g/mol. The molecule has 0 aliphatic carbocycles. The molecule has 188 valence electrons. The Bertz CT molecular complexity index is 622. The summed E-state index contributed by atoms with van der Waals surface area (Å²) in [7, 11) is 0. The molecule has 0 aliphatic heterocycles. The van der Waals surface area contributed by atoms with Gasteiger partial charge < -0.3 is 15.3 Å². The summed E-state index contributed by atoms with van der Waals surface area (Å²) < 4.78 is 0. The summed E-state index contributed by atoms with van der Waals surface area (Å²) in [4.78, 5) is 12.1. The van der Waals surface area contributed by atoms with Crippen LogP contribution in [0, 0.1) is 0 Å². The summed E-state index contributed by atoms with van der Waals surface area (Å²) in [5, 5.41) is 31.1. The maximum absolute atomic E-state index is 12.1. The van der Waals surface area contributed by atoms with Gasteiger partial charge in [0, 0.05) is 0 Å². The number of hydrogen-bond donors (Lipinski definition) is 3. The third kappa shape index (κ3) is 15.7. The van der Waals surface area contributed by atoms with E-state index in [1.807, 2.05) is 38.2 Å². The van der Waals surface area contributed by atoms with Crippen LogP contribution in [0.5, 0.6) is 0 Å². The molecule has 2 atom stereocenters. The number of hydrogen-bond acceptors (Lipinski definition) is 4. The van der Waals surface area contributed by atoms with Gasteiger partial charge in [0.25, 0.3) is 0 Å². The zero-order valence-electron chi connectivity index (χ0n) is 21.2. The Balaban J connectivity index is 4.21. The lowest BCUT2D eigenvalue weighted by Gasteiger charge is -2.34. The number of carbonyl (C=O) groups is 1. The number of aliphatic hydroxyl groups excluding tert-OH is 2. The Morgan fingerprint density at radius 1 is 0.697 bits per heavy atom.